The van der Waals surface area contributed by atoms with Crippen molar-refractivity contribution in [3.63, 3.8) is 0 Å². The van der Waals surface area contributed by atoms with E-state index in [0.717, 1.165) is 0 Å². The number of hydrogen-bond donors (Lipinski definition) is 2. The summed E-state index contributed by atoms with van der Waals surface area (Å²) in [6, 6.07) is 4.68. The number of aliphatic hydroxyl groups excluding tert-OH is 1. The zero-order valence-electron chi connectivity index (χ0n) is 8.32. The van der Waals surface area contributed by atoms with Crippen molar-refractivity contribution >= 4 is 5.97 Å². The molecule has 78 valence electrons. The van der Waals surface area contributed by atoms with Crippen LogP contribution >= 0.6 is 0 Å². The molecule has 0 aliphatic carbocycles. The number of carboxylic acid groups (broad SMARTS) is 1. The molecule has 0 aromatic heterocycles. The van der Waals surface area contributed by atoms with Gasteiger partial charge >= 0.3 is 5.97 Å². The molecule has 1 aromatic rings. The predicted molar refractivity (Wildman–Crippen MR) is 53.4 cm³/mol. The average Bonchev–Trinajstić information content (AvgIpc) is 2.26. The van der Waals surface area contributed by atoms with E-state index in [1.54, 1.807) is 0 Å². The van der Waals surface area contributed by atoms with Crippen LogP contribution in [0.4, 0.5) is 0 Å². The highest BCUT2D eigenvalue weighted by atomic mass is 16.4. The summed E-state index contributed by atoms with van der Waals surface area (Å²) in [5.74, 6) is -1.09. The Morgan fingerprint density at radius 1 is 1.53 bits per heavy atom. The first-order valence-corrected chi connectivity index (χ1v) is 4.54. The third-order valence-corrected chi connectivity index (χ3v) is 2.23. The number of nitrogens with zero attached hydrogens (tertiary/aromatic N) is 1. The molecule has 0 fully saturated rings. The van der Waals surface area contributed by atoms with Crippen LogP contribution in [0.15, 0.2) is 12.1 Å². The van der Waals surface area contributed by atoms with Crippen LogP contribution < -0.4 is 0 Å². The Hall–Kier alpha value is -1.86. The third kappa shape index (κ3) is 2.14. The van der Waals surface area contributed by atoms with Crippen molar-refractivity contribution in [2.45, 2.75) is 20.0 Å². The summed E-state index contributed by atoms with van der Waals surface area (Å²) in [6.45, 7) is 1.61. The van der Waals surface area contributed by atoms with Crippen LogP contribution in [0, 0.1) is 11.3 Å². The Morgan fingerprint density at radius 3 is 2.60 bits per heavy atom. The average molecular weight is 205 g/mol. The number of carbonyl (C=O) groups is 1. The van der Waals surface area contributed by atoms with Crippen LogP contribution in [-0.4, -0.2) is 16.2 Å². The van der Waals surface area contributed by atoms with Gasteiger partial charge in [-0.2, -0.15) is 5.26 Å². The van der Waals surface area contributed by atoms with Crippen molar-refractivity contribution in [1.29, 1.82) is 5.26 Å². The van der Waals surface area contributed by atoms with Crippen LogP contribution in [0.1, 0.15) is 34.0 Å². The molecule has 1 aromatic carbocycles. The van der Waals surface area contributed by atoms with Crippen molar-refractivity contribution in [2.24, 2.45) is 0 Å². The predicted octanol–water partition coefficient (Wildman–Crippen LogP) is 1.31. The van der Waals surface area contributed by atoms with Crippen LogP contribution in [0.5, 0.6) is 0 Å². The molecule has 0 atom stereocenters. The molecule has 1 rings (SSSR count). The van der Waals surface area contributed by atoms with Gasteiger partial charge in [0.1, 0.15) is 0 Å². The third-order valence-electron chi connectivity index (χ3n) is 2.23. The lowest BCUT2D eigenvalue weighted by molar-refractivity contribution is 0.0696. The van der Waals surface area contributed by atoms with Crippen LogP contribution in [0.3, 0.4) is 0 Å². The first-order valence-electron chi connectivity index (χ1n) is 4.54. The number of aromatic carboxylic acids is 1. The van der Waals surface area contributed by atoms with Gasteiger partial charge in [0.25, 0.3) is 0 Å². The second-order valence-corrected chi connectivity index (χ2v) is 3.09. The van der Waals surface area contributed by atoms with Gasteiger partial charge in [0.2, 0.25) is 0 Å². The number of nitriles is 1. The molecule has 0 saturated carbocycles. The second kappa shape index (κ2) is 4.58. The Bertz CT molecular complexity index is 432. The van der Waals surface area contributed by atoms with Crippen LogP contribution in [-0.2, 0) is 13.0 Å². The Kier molecular flexibility index (Phi) is 3.42. The molecule has 15 heavy (non-hydrogen) atoms. The number of carboxylic acids is 1. The van der Waals surface area contributed by atoms with Gasteiger partial charge in [-0.15, -0.1) is 0 Å². The molecule has 0 spiro atoms. The maximum Gasteiger partial charge on any atom is 0.335 e. The first kappa shape index (κ1) is 11.2. The van der Waals surface area contributed by atoms with Crippen LogP contribution in [0.25, 0.3) is 0 Å². The normalized spacial score (nSPS) is 9.67. The standard InChI is InChI=1S/C11H11NO3/c1-2-10-8(5-12)3-7(11(14)15)4-9(10)6-13/h3-4,13H,2,6H2,1H3,(H,14,15). The van der Waals surface area contributed by atoms with Crippen molar-refractivity contribution in [3.05, 3.63) is 34.4 Å². The largest absolute Gasteiger partial charge is 0.478 e. The van der Waals surface area contributed by atoms with Crippen molar-refractivity contribution in [3.8, 4) is 6.07 Å². The van der Waals surface area contributed by atoms with Gasteiger partial charge in [-0.3, -0.25) is 0 Å². The SMILES string of the molecule is CCc1c(C#N)cc(C(=O)O)cc1CO. The van der Waals surface area contributed by atoms with Gasteiger partial charge in [0.05, 0.1) is 23.8 Å². The minimum Gasteiger partial charge on any atom is -0.478 e. The Morgan fingerprint density at radius 2 is 2.20 bits per heavy atom. The van der Waals surface area contributed by atoms with Gasteiger partial charge < -0.3 is 10.2 Å². The summed E-state index contributed by atoms with van der Waals surface area (Å²) in [4.78, 5) is 10.7. The molecule has 0 aliphatic heterocycles. The molecule has 4 heteroatoms. The minimum absolute atomic E-state index is 0.0350. The fourth-order valence-corrected chi connectivity index (χ4v) is 1.51. The van der Waals surface area contributed by atoms with Crippen molar-refractivity contribution < 1.29 is 15.0 Å². The van der Waals surface area contributed by atoms with Gasteiger partial charge in [0.15, 0.2) is 0 Å². The molecule has 4 nitrogen and oxygen atoms in total. The topological polar surface area (TPSA) is 81.3 Å². The van der Waals surface area contributed by atoms with E-state index in [4.69, 9.17) is 15.5 Å². The smallest absolute Gasteiger partial charge is 0.335 e. The van der Waals surface area contributed by atoms with E-state index < -0.39 is 5.97 Å². The zero-order chi connectivity index (χ0) is 11.4. The van der Waals surface area contributed by atoms with Crippen LogP contribution in [0.2, 0.25) is 0 Å². The maximum atomic E-state index is 10.7. The van der Waals surface area contributed by atoms with Gasteiger partial charge in [-0.1, -0.05) is 6.92 Å². The molecule has 0 heterocycles. The van der Waals surface area contributed by atoms with E-state index in [-0.39, 0.29) is 12.2 Å². The molecule has 0 saturated heterocycles. The second-order valence-electron chi connectivity index (χ2n) is 3.09. The molecule has 0 bridgehead atoms. The molecule has 0 aliphatic rings. The van der Waals surface area contributed by atoms with Gasteiger partial charge in [-0.25, -0.2) is 4.79 Å². The van der Waals surface area contributed by atoms with Gasteiger partial charge in [-0.05, 0) is 29.7 Å². The van der Waals surface area contributed by atoms with E-state index >= 15 is 0 Å². The molecular formula is C11H11NO3. The number of rotatable bonds is 3. The fraction of sp³-hybridized carbons (Fsp3) is 0.273. The number of aliphatic hydroxyl groups is 1. The summed E-state index contributed by atoms with van der Waals surface area (Å²) in [6.07, 6.45) is 0.596. The minimum atomic E-state index is -1.09. The highest BCUT2D eigenvalue weighted by molar-refractivity contribution is 5.88. The van der Waals surface area contributed by atoms with E-state index in [0.29, 0.717) is 23.1 Å². The fourth-order valence-electron chi connectivity index (χ4n) is 1.51. The highest BCUT2D eigenvalue weighted by Gasteiger charge is 2.12. The Balaban J connectivity index is 3.44. The number of benzene rings is 1. The zero-order valence-corrected chi connectivity index (χ0v) is 8.32. The lowest BCUT2D eigenvalue weighted by Crippen LogP contribution is -2.03. The lowest BCUT2D eigenvalue weighted by atomic mass is 9.97. The van der Waals surface area contributed by atoms with Crippen molar-refractivity contribution in [1.82, 2.24) is 0 Å². The summed E-state index contributed by atoms with van der Waals surface area (Å²) >= 11 is 0. The monoisotopic (exact) mass is 205 g/mol. The summed E-state index contributed by atoms with van der Waals surface area (Å²) < 4.78 is 0. The molecule has 0 unspecified atom stereocenters. The first-order chi connectivity index (χ1) is 7.13. The molecule has 0 radical (unpaired) electrons. The maximum absolute atomic E-state index is 10.7. The highest BCUT2D eigenvalue weighted by Crippen LogP contribution is 2.18. The van der Waals surface area contributed by atoms with E-state index in [1.807, 2.05) is 13.0 Å². The van der Waals surface area contributed by atoms with Gasteiger partial charge in [0, 0.05) is 0 Å². The quantitative estimate of drug-likeness (QED) is 0.779. The van der Waals surface area contributed by atoms with Crippen molar-refractivity contribution in [2.75, 3.05) is 0 Å². The molecule has 2 N–H and O–H groups in total. The molecule has 0 amide bonds. The Labute approximate surface area is 87.4 Å². The lowest BCUT2D eigenvalue weighted by Gasteiger charge is -2.08. The molecular weight excluding hydrogens is 194 g/mol. The number of hydrogen-bond acceptors (Lipinski definition) is 3. The summed E-state index contributed by atoms with van der Waals surface area (Å²) in [5, 5.41) is 26.7. The van der Waals surface area contributed by atoms with E-state index in [1.165, 1.54) is 12.1 Å². The summed E-state index contributed by atoms with van der Waals surface area (Å²) in [7, 11) is 0. The summed E-state index contributed by atoms with van der Waals surface area (Å²) in [5.41, 5.74) is 1.58. The van der Waals surface area contributed by atoms with E-state index in [9.17, 15) is 4.79 Å². The van der Waals surface area contributed by atoms with E-state index in [2.05, 4.69) is 0 Å².